The highest BCUT2D eigenvalue weighted by Crippen LogP contribution is 2.43. The van der Waals surface area contributed by atoms with Gasteiger partial charge >= 0.3 is 5.97 Å². The van der Waals surface area contributed by atoms with Gasteiger partial charge in [-0.25, -0.2) is 4.98 Å². The standard InChI is InChI=1S/C30H41N3O5/c1-19(2)26-18-37-25-16-20(3)15-24(28(25)38-26)27(30(34)35)33-13-11-23(17-33)36-14-5-4-8-22-10-9-21-7-6-12-31-29(21)32-22/h9-10,15-16,19,23,26-27H,4-8,11-14,17-18H2,1-3H3,(H,31,32)(H,34,35)/t23-,26-,27-/m1/s1. The van der Waals surface area contributed by atoms with E-state index in [9.17, 15) is 9.90 Å². The Morgan fingerprint density at radius 1 is 1.29 bits per heavy atom. The van der Waals surface area contributed by atoms with Crippen molar-refractivity contribution < 1.29 is 24.1 Å². The van der Waals surface area contributed by atoms with Crippen molar-refractivity contribution >= 4 is 11.8 Å². The third kappa shape index (κ3) is 6.07. The van der Waals surface area contributed by atoms with Crippen LogP contribution in [0.3, 0.4) is 0 Å². The second-order valence-electron chi connectivity index (χ2n) is 11.2. The Kier molecular flexibility index (Phi) is 8.39. The Labute approximate surface area is 225 Å². The van der Waals surface area contributed by atoms with Crippen LogP contribution in [0.15, 0.2) is 24.3 Å². The van der Waals surface area contributed by atoms with Gasteiger partial charge in [-0.1, -0.05) is 19.9 Å². The number of nitrogens with one attached hydrogen (secondary N) is 1. The van der Waals surface area contributed by atoms with Gasteiger partial charge in [-0.3, -0.25) is 9.69 Å². The number of unbranched alkanes of at least 4 members (excludes halogenated alkanes) is 1. The van der Waals surface area contributed by atoms with Gasteiger partial charge in [-0.05, 0) is 80.7 Å². The average molecular weight is 524 g/mol. The largest absolute Gasteiger partial charge is 0.486 e. The number of likely N-dealkylation sites (tertiary alicyclic amines) is 1. The van der Waals surface area contributed by atoms with Crippen molar-refractivity contribution in [2.24, 2.45) is 5.92 Å². The summed E-state index contributed by atoms with van der Waals surface area (Å²) in [7, 11) is 0. The molecule has 0 amide bonds. The van der Waals surface area contributed by atoms with Crippen LogP contribution < -0.4 is 14.8 Å². The van der Waals surface area contributed by atoms with E-state index in [1.165, 1.54) is 12.0 Å². The monoisotopic (exact) mass is 523 g/mol. The van der Waals surface area contributed by atoms with E-state index in [0.29, 0.717) is 43.4 Å². The molecule has 0 saturated carbocycles. The molecule has 4 heterocycles. The Bertz CT molecular complexity index is 1140. The number of nitrogens with zero attached hydrogens (tertiary/aromatic N) is 2. The van der Waals surface area contributed by atoms with Gasteiger partial charge in [0.1, 0.15) is 24.6 Å². The van der Waals surface area contributed by atoms with Crippen LogP contribution in [0.2, 0.25) is 0 Å². The number of rotatable bonds is 10. The molecule has 8 heteroatoms. The van der Waals surface area contributed by atoms with Crippen molar-refractivity contribution in [1.82, 2.24) is 9.88 Å². The maximum absolute atomic E-state index is 12.5. The summed E-state index contributed by atoms with van der Waals surface area (Å²) in [4.78, 5) is 19.3. The van der Waals surface area contributed by atoms with Crippen LogP contribution in [0, 0.1) is 12.8 Å². The second kappa shape index (κ2) is 11.9. The molecule has 1 saturated heterocycles. The van der Waals surface area contributed by atoms with Crippen LogP contribution >= 0.6 is 0 Å². The molecule has 206 valence electrons. The summed E-state index contributed by atoms with van der Waals surface area (Å²) < 4.78 is 18.5. The fraction of sp³-hybridized carbons (Fsp3) is 0.600. The number of aryl methyl sites for hydroxylation is 3. The summed E-state index contributed by atoms with van der Waals surface area (Å²) in [6, 6.07) is 7.42. The number of benzene rings is 1. The highest BCUT2D eigenvalue weighted by molar-refractivity contribution is 5.78. The van der Waals surface area contributed by atoms with Gasteiger partial charge in [-0.15, -0.1) is 0 Å². The fourth-order valence-corrected chi connectivity index (χ4v) is 5.67. The summed E-state index contributed by atoms with van der Waals surface area (Å²) in [6.45, 7) is 9.56. The van der Waals surface area contributed by atoms with Crippen LogP contribution in [-0.2, 0) is 22.4 Å². The second-order valence-corrected chi connectivity index (χ2v) is 11.2. The SMILES string of the molecule is Cc1cc2c(c([C@H](C(=O)O)N3CC[C@@H](OCCCCc4ccc5c(n4)NCCC5)C3)c1)O[C@@H](C(C)C)CO2. The topological polar surface area (TPSA) is 93.2 Å². The summed E-state index contributed by atoms with van der Waals surface area (Å²) in [5.41, 5.74) is 4.08. The maximum atomic E-state index is 12.5. The number of aliphatic carboxylic acids is 1. The van der Waals surface area contributed by atoms with E-state index in [4.69, 9.17) is 19.2 Å². The molecule has 2 N–H and O–H groups in total. The number of aromatic nitrogens is 1. The van der Waals surface area contributed by atoms with Gasteiger partial charge in [0.2, 0.25) is 0 Å². The number of ether oxygens (including phenoxy) is 3. The lowest BCUT2D eigenvalue weighted by molar-refractivity contribution is -0.143. The molecule has 3 aliphatic heterocycles. The van der Waals surface area contributed by atoms with E-state index in [-0.39, 0.29) is 18.1 Å². The number of fused-ring (bicyclic) bond motifs is 2. The van der Waals surface area contributed by atoms with Crippen LogP contribution in [0.1, 0.15) is 68.0 Å². The number of carboxylic acid groups (broad SMARTS) is 1. The molecule has 2 aromatic rings. The fourth-order valence-electron chi connectivity index (χ4n) is 5.67. The van der Waals surface area contributed by atoms with E-state index < -0.39 is 12.0 Å². The molecule has 3 atom stereocenters. The quantitative estimate of drug-likeness (QED) is 0.430. The predicted octanol–water partition coefficient (Wildman–Crippen LogP) is 4.78. The van der Waals surface area contributed by atoms with Gasteiger partial charge in [0.15, 0.2) is 11.5 Å². The lowest BCUT2D eigenvalue weighted by Gasteiger charge is -2.33. The van der Waals surface area contributed by atoms with Crippen LogP contribution in [-0.4, -0.2) is 66.0 Å². The van der Waals surface area contributed by atoms with Crippen LogP contribution in [0.4, 0.5) is 5.82 Å². The van der Waals surface area contributed by atoms with Gasteiger partial charge < -0.3 is 24.6 Å². The highest BCUT2D eigenvalue weighted by Gasteiger charge is 2.38. The Morgan fingerprint density at radius 3 is 2.97 bits per heavy atom. The zero-order valence-corrected chi connectivity index (χ0v) is 22.9. The molecular formula is C30H41N3O5. The molecule has 0 spiro atoms. The predicted molar refractivity (Wildman–Crippen MR) is 146 cm³/mol. The van der Waals surface area contributed by atoms with Gasteiger partial charge in [0, 0.05) is 37.5 Å². The Morgan fingerprint density at radius 2 is 2.16 bits per heavy atom. The Hall–Kier alpha value is -2.84. The van der Waals surface area contributed by atoms with E-state index in [1.807, 2.05) is 24.0 Å². The molecule has 0 aliphatic carbocycles. The lowest BCUT2D eigenvalue weighted by atomic mass is 9.99. The first kappa shape index (κ1) is 26.8. The molecule has 0 bridgehead atoms. The molecule has 38 heavy (non-hydrogen) atoms. The molecule has 1 aromatic heterocycles. The van der Waals surface area contributed by atoms with Crippen LogP contribution in [0.5, 0.6) is 11.5 Å². The normalized spacial score (nSPS) is 21.7. The zero-order valence-electron chi connectivity index (χ0n) is 22.9. The summed E-state index contributed by atoms with van der Waals surface area (Å²) in [5.74, 6) is 1.66. The van der Waals surface area contributed by atoms with Gasteiger partial charge in [0.05, 0.1) is 6.10 Å². The van der Waals surface area contributed by atoms with E-state index >= 15 is 0 Å². The van der Waals surface area contributed by atoms with Gasteiger partial charge in [-0.2, -0.15) is 0 Å². The van der Waals surface area contributed by atoms with Crippen molar-refractivity contribution in [3.8, 4) is 11.5 Å². The molecule has 1 fully saturated rings. The van der Waals surface area contributed by atoms with E-state index in [2.05, 4.69) is 31.3 Å². The minimum absolute atomic E-state index is 0.0316. The van der Waals surface area contributed by atoms with Crippen molar-refractivity contribution in [3.05, 3.63) is 46.6 Å². The highest BCUT2D eigenvalue weighted by atomic mass is 16.6. The van der Waals surface area contributed by atoms with E-state index in [0.717, 1.165) is 55.7 Å². The van der Waals surface area contributed by atoms with Crippen LogP contribution in [0.25, 0.3) is 0 Å². The summed E-state index contributed by atoms with van der Waals surface area (Å²) >= 11 is 0. The third-order valence-corrected chi connectivity index (χ3v) is 7.85. The number of anilines is 1. The lowest BCUT2D eigenvalue weighted by Crippen LogP contribution is -2.37. The maximum Gasteiger partial charge on any atom is 0.325 e. The minimum atomic E-state index is -0.874. The number of pyridine rings is 1. The average Bonchev–Trinajstić information content (AvgIpc) is 3.36. The van der Waals surface area contributed by atoms with Gasteiger partial charge in [0.25, 0.3) is 0 Å². The minimum Gasteiger partial charge on any atom is -0.486 e. The zero-order chi connectivity index (χ0) is 26.6. The van der Waals surface area contributed by atoms with Crippen molar-refractivity contribution in [2.75, 3.05) is 38.2 Å². The number of hydrogen-bond donors (Lipinski definition) is 2. The molecule has 5 rings (SSSR count). The molecule has 0 unspecified atom stereocenters. The number of hydrogen-bond acceptors (Lipinski definition) is 7. The molecule has 1 aromatic carbocycles. The first-order chi connectivity index (χ1) is 18.4. The molecular weight excluding hydrogens is 482 g/mol. The third-order valence-electron chi connectivity index (χ3n) is 7.85. The summed E-state index contributed by atoms with van der Waals surface area (Å²) in [5, 5.41) is 13.7. The number of carboxylic acids is 1. The first-order valence-corrected chi connectivity index (χ1v) is 14.1. The summed E-state index contributed by atoms with van der Waals surface area (Å²) in [6.07, 6.45) is 5.95. The molecule has 0 radical (unpaired) electrons. The Balaban J connectivity index is 1.15. The van der Waals surface area contributed by atoms with Crippen molar-refractivity contribution in [2.45, 2.75) is 77.5 Å². The first-order valence-electron chi connectivity index (χ1n) is 14.1. The number of carbonyl (C=O) groups is 1. The smallest absolute Gasteiger partial charge is 0.325 e. The van der Waals surface area contributed by atoms with Crippen molar-refractivity contribution in [3.63, 3.8) is 0 Å². The van der Waals surface area contributed by atoms with Crippen molar-refractivity contribution in [1.29, 1.82) is 0 Å². The molecule has 3 aliphatic rings. The van der Waals surface area contributed by atoms with E-state index in [1.54, 1.807) is 0 Å². The molecule has 8 nitrogen and oxygen atoms in total.